The molecule has 1 aliphatic carbocycles. The van der Waals surface area contributed by atoms with Crippen LogP contribution in [0.5, 0.6) is 0 Å². The quantitative estimate of drug-likeness (QED) is 0.866. The largest absolute Gasteiger partial charge is 0.388 e. The minimum atomic E-state index is -0.446. The van der Waals surface area contributed by atoms with E-state index in [9.17, 15) is 9.90 Å². The zero-order valence-electron chi connectivity index (χ0n) is 14.2. The molecule has 1 aromatic carbocycles. The van der Waals surface area contributed by atoms with E-state index in [2.05, 4.69) is 17.4 Å². The lowest BCUT2D eigenvalue weighted by Gasteiger charge is -2.29. The molecule has 1 aromatic rings. The molecule has 122 valence electrons. The first-order valence-electron chi connectivity index (χ1n) is 8.55. The van der Waals surface area contributed by atoms with Crippen molar-refractivity contribution in [2.75, 3.05) is 0 Å². The maximum atomic E-state index is 12.2. The third-order valence-electron chi connectivity index (χ3n) is 4.83. The number of hydrogen-bond acceptors (Lipinski definition) is 2. The number of fused-ring (bicyclic) bond motifs is 1. The Bertz CT molecular complexity index is 524. The Balaban J connectivity index is 2.24. The molecule has 0 aliphatic heterocycles. The molecule has 1 amide bonds. The van der Waals surface area contributed by atoms with Gasteiger partial charge in [-0.05, 0) is 48.3 Å². The normalized spacial score (nSPS) is 20.4. The van der Waals surface area contributed by atoms with Crippen LogP contribution in [0.25, 0.3) is 0 Å². The number of nitrogens with one attached hydrogen (secondary N) is 1. The van der Waals surface area contributed by atoms with Gasteiger partial charge in [0.1, 0.15) is 0 Å². The van der Waals surface area contributed by atoms with Crippen molar-refractivity contribution in [3.8, 4) is 0 Å². The second kappa shape index (κ2) is 7.28. The Morgan fingerprint density at radius 1 is 1.36 bits per heavy atom. The summed E-state index contributed by atoms with van der Waals surface area (Å²) < 4.78 is 0. The summed E-state index contributed by atoms with van der Waals surface area (Å²) >= 11 is 0. The highest BCUT2D eigenvalue weighted by Gasteiger charge is 2.25. The zero-order chi connectivity index (χ0) is 16.3. The fraction of sp³-hybridized carbons (Fsp3) is 0.632. The van der Waals surface area contributed by atoms with Crippen molar-refractivity contribution in [1.29, 1.82) is 0 Å². The van der Waals surface area contributed by atoms with E-state index >= 15 is 0 Å². The maximum absolute atomic E-state index is 12.2. The van der Waals surface area contributed by atoms with Crippen LogP contribution in [-0.2, 0) is 11.2 Å². The van der Waals surface area contributed by atoms with Gasteiger partial charge in [-0.15, -0.1) is 0 Å². The van der Waals surface area contributed by atoms with Gasteiger partial charge in [0.15, 0.2) is 0 Å². The Kier molecular flexibility index (Phi) is 5.63. The topological polar surface area (TPSA) is 49.3 Å². The van der Waals surface area contributed by atoms with Crippen LogP contribution < -0.4 is 5.32 Å². The summed E-state index contributed by atoms with van der Waals surface area (Å²) in [5, 5.41) is 13.5. The molecular weight excluding hydrogens is 274 g/mol. The van der Waals surface area contributed by atoms with Crippen molar-refractivity contribution < 1.29 is 9.90 Å². The molecule has 3 atom stereocenters. The summed E-state index contributed by atoms with van der Waals surface area (Å²) in [5.41, 5.74) is 3.46. The lowest BCUT2D eigenvalue weighted by molar-refractivity contribution is -0.125. The molecule has 3 nitrogen and oxygen atoms in total. The van der Waals surface area contributed by atoms with Gasteiger partial charge in [0.25, 0.3) is 0 Å². The summed E-state index contributed by atoms with van der Waals surface area (Å²) in [6.07, 6.45) is 3.56. The number of carbonyl (C=O) groups is 1. The third-order valence-corrected chi connectivity index (χ3v) is 4.83. The van der Waals surface area contributed by atoms with Crippen molar-refractivity contribution >= 4 is 5.91 Å². The summed E-state index contributed by atoms with van der Waals surface area (Å²) in [5.74, 6) is 0.375. The van der Waals surface area contributed by atoms with Gasteiger partial charge in [0.05, 0.1) is 12.1 Å². The van der Waals surface area contributed by atoms with Gasteiger partial charge in [0, 0.05) is 5.92 Å². The lowest BCUT2D eigenvalue weighted by Crippen LogP contribution is -2.34. The van der Waals surface area contributed by atoms with Crippen LogP contribution in [0, 0.1) is 11.8 Å². The number of aryl methyl sites for hydroxylation is 1. The van der Waals surface area contributed by atoms with Crippen molar-refractivity contribution in [3.63, 3.8) is 0 Å². The summed E-state index contributed by atoms with van der Waals surface area (Å²) in [4.78, 5) is 12.2. The van der Waals surface area contributed by atoms with Gasteiger partial charge in [-0.2, -0.15) is 0 Å². The highest BCUT2D eigenvalue weighted by Crippen LogP contribution is 2.33. The van der Waals surface area contributed by atoms with Crippen molar-refractivity contribution in [2.45, 2.75) is 65.5 Å². The predicted octanol–water partition coefficient (Wildman–Crippen LogP) is 3.92. The molecule has 0 spiro atoms. The van der Waals surface area contributed by atoms with E-state index in [1.165, 1.54) is 11.1 Å². The number of amides is 1. The molecule has 0 heterocycles. The van der Waals surface area contributed by atoms with E-state index in [1.807, 2.05) is 33.8 Å². The average molecular weight is 303 g/mol. The standard InChI is InChI=1S/C19H29NO2/c1-5-13(4)19(22)20-17-8-6-7-14-9-10-15(11-16(14)17)18(21)12(2)3/h9-13,17-18,21H,5-8H2,1-4H3,(H,20,22). The summed E-state index contributed by atoms with van der Waals surface area (Å²) in [7, 11) is 0. The first-order chi connectivity index (χ1) is 10.4. The molecule has 0 saturated heterocycles. The van der Waals surface area contributed by atoms with Gasteiger partial charge >= 0.3 is 0 Å². The minimum absolute atomic E-state index is 0.0508. The van der Waals surface area contributed by atoms with Crippen LogP contribution in [0.1, 0.15) is 75.8 Å². The monoisotopic (exact) mass is 303 g/mol. The van der Waals surface area contributed by atoms with Gasteiger partial charge in [0.2, 0.25) is 5.91 Å². The number of benzene rings is 1. The van der Waals surface area contributed by atoms with E-state index < -0.39 is 6.10 Å². The zero-order valence-corrected chi connectivity index (χ0v) is 14.2. The van der Waals surface area contributed by atoms with Gasteiger partial charge in [-0.3, -0.25) is 4.79 Å². The number of aliphatic hydroxyl groups is 1. The van der Waals surface area contributed by atoms with Crippen molar-refractivity contribution in [1.82, 2.24) is 5.32 Å². The van der Waals surface area contributed by atoms with Gasteiger partial charge in [-0.25, -0.2) is 0 Å². The van der Waals surface area contributed by atoms with Crippen molar-refractivity contribution in [2.24, 2.45) is 11.8 Å². The van der Waals surface area contributed by atoms with E-state index in [0.29, 0.717) is 0 Å². The van der Waals surface area contributed by atoms with Crippen LogP contribution in [0.4, 0.5) is 0 Å². The van der Waals surface area contributed by atoms with Crippen molar-refractivity contribution in [3.05, 3.63) is 34.9 Å². The summed E-state index contributed by atoms with van der Waals surface area (Å²) in [6, 6.07) is 6.34. The highest BCUT2D eigenvalue weighted by molar-refractivity contribution is 5.78. The van der Waals surface area contributed by atoms with E-state index in [-0.39, 0.29) is 23.8 Å². The number of rotatable bonds is 5. The number of hydrogen-bond donors (Lipinski definition) is 2. The molecule has 22 heavy (non-hydrogen) atoms. The molecular formula is C19H29NO2. The first-order valence-corrected chi connectivity index (χ1v) is 8.55. The van der Waals surface area contributed by atoms with E-state index in [0.717, 1.165) is 31.2 Å². The Morgan fingerprint density at radius 2 is 2.09 bits per heavy atom. The Hall–Kier alpha value is -1.35. The smallest absolute Gasteiger partial charge is 0.223 e. The van der Waals surface area contributed by atoms with Crippen LogP contribution in [0.15, 0.2) is 18.2 Å². The van der Waals surface area contributed by atoms with Crippen LogP contribution in [0.2, 0.25) is 0 Å². The van der Waals surface area contributed by atoms with E-state index in [4.69, 9.17) is 0 Å². The molecule has 0 aromatic heterocycles. The van der Waals surface area contributed by atoms with Crippen LogP contribution in [-0.4, -0.2) is 11.0 Å². The highest BCUT2D eigenvalue weighted by atomic mass is 16.3. The summed E-state index contributed by atoms with van der Waals surface area (Å²) in [6.45, 7) is 8.05. The molecule has 3 unspecified atom stereocenters. The second-order valence-corrected chi connectivity index (χ2v) is 6.91. The Morgan fingerprint density at radius 3 is 2.73 bits per heavy atom. The molecule has 0 radical (unpaired) electrons. The average Bonchev–Trinajstić information content (AvgIpc) is 2.53. The molecule has 2 N–H and O–H groups in total. The third kappa shape index (κ3) is 3.70. The van der Waals surface area contributed by atoms with Gasteiger partial charge < -0.3 is 10.4 Å². The maximum Gasteiger partial charge on any atom is 0.223 e. The molecule has 3 heteroatoms. The molecule has 0 saturated carbocycles. The molecule has 2 rings (SSSR count). The minimum Gasteiger partial charge on any atom is -0.388 e. The second-order valence-electron chi connectivity index (χ2n) is 6.91. The first kappa shape index (κ1) is 17.0. The van der Waals surface area contributed by atoms with Gasteiger partial charge in [-0.1, -0.05) is 45.9 Å². The molecule has 0 bridgehead atoms. The molecule has 0 fully saturated rings. The fourth-order valence-electron chi connectivity index (χ4n) is 3.04. The number of carbonyl (C=O) groups excluding carboxylic acids is 1. The van der Waals surface area contributed by atoms with Crippen LogP contribution >= 0.6 is 0 Å². The predicted molar refractivity (Wildman–Crippen MR) is 89.5 cm³/mol. The fourth-order valence-corrected chi connectivity index (χ4v) is 3.04. The van der Waals surface area contributed by atoms with E-state index in [1.54, 1.807) is 0 Å². The lowest BCUT2D eigenvalue weighted by atomic mass is 9.84. The SMILES string of the molecule is CCC(C)C(=O)NC1CCCc2ccc(C(O)C(C)C)cc21. The Labute approximate surface area is 134 Å². The van der Waals surface area contributed by atoms with Crippen LogP contribution in [0.3, 0.4) is 0 Å². The molecule has 1 aliphatic rings. The number of aliphatic hydroxyl groups excluding tert-OH is 1.